The van der Waals surface area contributed by atoms with Crippen LogP contribution in [0.3, 0.4) is 0 Å². The highest BCUT2D eigenvalue weighted by Crippen LogP contribution is 2.33. The maximum Gasteiger partial charge on any atom is 0.206 e. The van der Waals surface area contributed by atoms with Gasteiger partial charge >= 0.3 is 0 Å². The first kappa shape index (κ1) is 22.5. The van der Waals surface area contributed by atoms with Gasteiger partial charge in [-0.25, -0.2) is 9.66 Å². The minimum absolute atomic E-state index is 0.139. The molecule has 8 heteroatoms. The normalized spacial score (nSPS) is 12.4. The number of methoxy groups -OCH3 is 2. The summed E-state index contributed by atoms with van der Waals surface area (Å²) in [6.45, 7) is 6.12. The number of ether oxygens (including phenoxy) is 2. The highest BCUT2D eigenvalue weighted by atomic mass is 32.1. The maximum absolute atomic E-state index is 5.63. The molecule has 0 amide bonds. The Labute approximate surface area is 197 Å². The van der Waals surface area contributed by atoms with Gasteiger partial charge in [0, 0.05) is 35.1 Å². The summed E-state index contributed by atoms with van der Waals surface area (Å²) in [7, 11) is 3.32. The average Bonchev–Trinajstić information content (AvgIpc) is 3.49. The van der Waals surface area contributed by atoms with Crippen molar-refractivity contribution in [3.63, 3.8) is 0 Å². The predicted octanol–water partition coefficient (Wildman–Crippen LogP) is 5.00. The van der Waals surface area contributed by atoms with E-state index in [9.17, 15) is 0 Å². The monoisotopic (exact) mass is 461 g/mol. The van der Waals surface area contributed by atoms with Gasteiger partial charge in [-0.3, -0.25) is 4.99 Å². The Morgan fingerprint density at radius 3 is 2.48 bits per heavy atom. The van der Waals surface area contributed by atoms with Gasteiger partial charge in [0.15, 0.2) is 0 Å². The SMILES string of the molecule is COc1ccc(OC)c(-c2csc(=NC(C)C)n2N=C(C)c2ccc(-n3ccnc3)cc2)c1. The molecule has 170 valence electrons. The van der Waals surface area contributed by atoms with Gasteiger partial charge in [0.25, 0.3) is 0 Å². The number of thiazole rings is 1. The van der Waals surface area contributed by atoms with E-state index in [0.717, 1.165) is 44.5 Å². The molecule has 0 fully saturated rings. The Hall–Kier alpha value is -3.65. The molecule has 4 rings (SSSR count). The summed E-state index contributed by atoms with van der Waals surface area (Å²) in [4.78, 5) is 9.72. The smallest absolute Gasteiger partial charge is 0.206 e. The molecule has 0 aliphatic heterocycles. The number of imidazole rings is 1. The van der Waals surface area contributed by atoms with Gasteiger partial charge < -0.3 is 14.0 Å². The van der Waals surface area contributed by atoms with Crippen molar-refractivity contribution < 1.29 is 9.47 Å². The molecular weight excluding hydrogens is 434 g/mol. The van der Waals surface area contributed by atoms with E-state index in [1.165, 1.54) is 0 Å². The van der Waals surface area contributed by atoms with Gasteiger partial charge in [0.1, 0.15) is 11.5 Å². The molecule has 0 bridgehead atoms. The van der Waals surface area contributed by atoms with Crippen LogP contribution in [0.2, 0.25) is 0 Å². The standard InChI is InChI=1S/C25H27N5O2S/c1-17(2)27-25-30(23(15-33-25)22-14-21(31-4)10-11-24(22)32-5)28-18(3)19-6-8-20(9-7-19)29-13-12-26-16-29/h6-17H,1-5H3. The lowest BCUT2D eigenvalue weighted by Gasteiger charge is -2.12. The summed E-state index contributed by atoms with van der Waals surface area (Å²) in [5.74, 6) is 1.50. The van der Waals surface area contributed by atoms with Gasteiger partial charge in [0.05, 0.1) is 32.0 Å². The topological polar surface area (TPSA) is 65.9 Å². The minimum atomic E-state index is 0.139. The van der Waals surface area contributed by atoms with Crippen molar-refractivity contribution in [1.29, 1.82) is 0 Å². The summed E-state index contributed by atoms with van der Waals surface area (Å²) >= 11 is 1.55. The molecule has 0 radical (unpaired) electrons. The van der Waals surface area contributed by atoms with Crippen LogP contribution >= 0.6 is 11.3 Å². The highest BCUT2D eigenvalue weighted by Gasteiger charge is 2.15. The highest BCUT2D eigenvalue weighted by molar-refractivity contribution is 7.07. The summed E-state index contributed by atoms with van der Waals surface area (Å²) in [5, 5.41) is 7.03. The van der Waals surface area contributed by atoms with Gasteiger partial charge in [0.2, 0.25) is 4.80 Å². The first-order chi connectivity index (χ1) is 16.0. The summed E-state index contributed by atoms with van der Waals surface area (Å²) in [5.41, 5.74) is 4.73. The lowest BCUT2D eigenvalue weighted by molar-refractivity contribution is 0.404. The van der Waals surface area contributed by atoms with Crippen LogP contribution in [-0.4, -0.2) is 40.2 Å². The van der Waals surface area contributed by atoms with Crippen molar-refractivity contribution in [2.75, 3.05) is 14.2 Å². The van der Waals surface area contributed by atoms with Crippen LogP contribution in [0, 0.1) is 0 Å². The molecule has 0 unspecified atom stereocenters. The van der Waals surface area contributed by atoms with Gasteiger partial charge in [-0.05, 0) is 56.7 Å². The molecule has 0 spiro atoms. The molecule has 0 N–H and O–H groups in total. The van der Waals surface area contributed by atoms with E-state index < -0.39 is 0 Å². The van der Waals surface area contributed by atoms with Crippen molar-refractivity contribution in [3.8, 4) is 28.4 Å². The fourth-order valence-corrected chi connectivity index (χ4v) is 4.35. The molecule has 33 heavy (non-hydrogen) atoms. The Morgan fingerprint density at radius 2 is 1.85 bits per heavy atom. The lowest BCUT2D eigenvalue weighted by atomic mass is 10.1. The summed E-state index contributed by atoms with van der Waals surface area (Å²) < 4.78 is 14.9. The third kappa shape index (κ3) is 4.90. The summed E-state index contributed by atoms with van der Waals surface area (Å²) in [6, 6.07) is 14.1. The summed E-state index contributed by atoms with van der Waals surface area (Å²) in [6.07, 6.45) is 5.47. The van der Waals surface area contributed by atoms with Crippen LogP contribution in [0.4, 0.5) is 0 Å². The number of rotatable bonds is 7. The lowest BCUT2D eigenvalue weighted by Crippen LogP contribution is -2.16. The zero-order valence-corrected chi connectivity index (χ0v) is 20.2. The number of benzene rings is 2. The van der Waals surface area contributed by atoms with Crippen molar-refractivity contribution in [1.82, 2.24) is 14.2 Å². The molecular formula is C25H27N5O2S. The molecule has 0 aliphatic rings. The predicted molar refractivity (Wildman–Crippen MR) is 133 cm³/mol. The third-order valence-corrected chi connectivity index (χ3v) is 5.90. The molecule has 0 saturated carbocycles. The molecule has 2 aromatic carbocycles. The Kier molecular flexibility index (Phi) is 6.74. The Morgan fingerprint density at radius 1 is 1.06 bits per heavy atom. The van der Waals surface area contributed by atoms with E-state index in [4.69, 9.17) is 19.6 Å². The maximum atomic E-state index is 5.63. The largest absolute Gasteiger partial charge is 0.497 e. The molecule has 7 nitrogen and oxygen atoms in total. The number of hydrogen-bond donors (Lipinski definition) is 0. The third-order valence-electron chi connectivity index (χ3n) is 5.07. The second-order valence-electron chi connectivity index (χ2n) is 7.71. The van der Waals surface area contributed by atoms with E-state index in [0.29, 0.717) is 0 Å². The van der Waals surface area contributed by atoms with Crippen molar-refractivity contribution in [2.45, 2.75) is 26.8 Å². The van der Waals surface area contributed by atoms with E-state index in [-0.39, 0.29) is 6.04 Å². The molecule has 0 saturated heterocycles. The van der Waals surface area contributed by atoms with E-state index in [1.807, 2.05) is 40.6 Å². The van der Waals surface area contributed by atoms with Crippen molar-refractivity contribution in [2.24, 2.45) is 10.1 Å². The van der Waals surface area contributed by atoms with Crippen LogP contribution in [-0.2, 0) is 0 Å². The van der Waals surface area contributed by atoms with E-state index in [2.05, 4.69) is 48.5 Å². The van der Waals surface area contributed by atoms with Gasteiger partial charge in [-0.15, -0.1) is 11.3 Å². The Bertz CT molecular complexity index is 1320. The van der Waals surface area contributed by atoms with Crippen LogP contribution in [0.25, 0.3) is 16.9 Å². The van der Waals surface area contributed by atoms with E-state index >= 15 is 0 Å². The number of hydrogen-bond acceptors (Lipinski definition) is 6. The fourth-order valence-electron chi connectivity index (χ4n) is 3.40. The molecule has 2 heterocycles. The van der Waals surface area contributed by atoms with Crippen LogP contribution in [0.15, 0.2) is 76.7 Å². The van der Waals surface area contributed by atoms with Crippen LogP contribution in [0.5, 0.6) is 11.5 Å². The average molecular weight is 462 g/mol. The number of nitrogens with zero attached hydrogens (tertiary/aromatic N) is 5. The number of aromatic nitrogens is 3. The second kappa shape index (κ2) is 9.87. The first-order valence-corrected chi connectivity index (χ1v) is 11.5. The Balaban J connectivity index is 1.81. The first-order valence-electron chi connectivity index (χ1n) is 10.6. The van der Waals surface area contributed by atoms with Crippen LogP contribution in [0.1, 0.15) is 26.3 Å². The second-order valence-corrected chi connectivity index (χ2v) is 8.54. The zero-order chi connectivity index (χ0) is 23.4. The van der Waals surface area contributed by atoms with Crippen molar-refractivity contribution >= 4 is 17.0 Å². The van der Waals surface area contributed by atoms with Crippen molar-refractivity contribution in [3.05, 3.63) is 76.9 Å². The molecule has 4 aromatic rings. The fraction of sp³-hybridized carbons (Fsp3) is 0.240. The molecule has 0 atom stereocenters. The molecule has 2 aromatic heterocycles. The zero-order valence-electron chi connectivity index (χ0n) is 19.4. The van der Waals surface area contributed by atoms with E-state index in [1.54, 1.807) is 38.1 Å². The van der Waals surface area contributed by atoms with Crippen LogP contribution < -0.4 is 14.3 Å². The molecule has 0 aliphatic carbocycles. The van der Waals surface area contributed by atoms with Gasteiger partial charge in [-0.1, -0.05) is 12.1 Å². The quantitative estimate of drug-likeness (QED) is 0.364. The minimum Gasteiger partial charge on any atom is -0.497 e. The van der Waals surface area contributed by atoms with Gasteiger partial charge in [-0.2, -0.15) is 5.10 Å².